The van der Waals surface area contributed by atoms with E-state index in [1.807, 2.05) is 13.0 Å². The van der Waals surface area contributed by atoms with E-state index >= 15 is 0 Å². The van der Waals surface area contributed by atoms with Crippen molar-refractivity contribution >= 4 is 21.8 Å². The molecular formula is C15H14FNO3S. The molecule has 110 valence electrons. The highest BCUT2D eigenvalue weighted by molar-refractivity contribution is 7.86. The lowest BCUT2D eigenvalue weighted by Gasteiger charge is -2.11. The highest BCUT2D eigenvalue weighted by Gasteiger charge is 2.19. The molecule has 0 heterocycles. The lowest BCUT2D eigenvalue weighted by Crippen LogP contribution is -2.15. The van der Waals surface area contributed by atoms with Crippen LogP contribution in [0, 0.1) is 13.8 Å². The van der Waals surface area contributed by atoms with Crippen LogP contribution in [0.15, 0.2) is 47.4 Å². The Morgan fingerprint density at radius 1 is 1.05 bits per heavy atom. The molecule has 0 bridgehead atoms. The summed E-state index contributed by atoms with van der Waals surface area (Å²) in [5, 5.41) is 2.44. The molecule has 0 saturated carbocycles. The number of hydrogen-bond acceptors (Lipinski definition) is 3. The molecular weight excluding hydrogens is 293 g/mol. The first-order valence-corrected chi connectivity index (χ1v) is 7.60. The Kier molecular flexibility index (Phi) is 4.09. The Hall–Kier alpha value is -2.21. The van der Waals surface area contributed by atoms with Gasteiger partial charge in [-0.2, -0.15) is 8.42 Å². The third kappa shape index (κ3) is 3.28. The Labute approximate surface area is 122 Å². The Morgan fingerprint density at radius 3 is 2.38 bits per heavy atom. The number of anilines is 1. The maximum atomic E-state index is 13.2. The fourth-order valence-corrected chi connectivity index (χ4v) is 2.59. The number of aryl methyl sites for hydroxylation is 1. The quantitative estimate of drug-likeness (QED) is 0.886. The summed E-state index contributed by atoms with van der Waals surface area (Å²) in [5.74, 6) is -0.479. The number of amides is 1. The average Bonchev–Trinajstić information content (AvgIpc) is 2.41. The normalized spacial score (nSPS) is 11.2. The van der Waals surface area contributed by atoms with E-state index in [-0.39, 0.29) is 5.69 Å². The van der Waals surface area contributed by atoms with Crippen molar-refractivity contribution in [2.45, 2.75) is 18.7 Å². The zero-order valence-corrected chi connectivity index (χ0v) is 12.4. The minimum absolute atomic E-state index is 0.0779. The zero-order valence-electron chi connectivity index (χ0n) is 11.6. The van der Waals surface area contributed by atoms with Crippen LogP contribution in [0.2, 0.25) is 0 Å². The Balaban J connectivity index is 2.40. The number of para-hydroxylation sites is 1. The van der Waals surface area contributed by atoms with E-state index in [1.54, 1.807) is 19.1 Å². The van der Waals surface area contributed by atoms with Gasteiger partial charge in [-0.1, -0.05) is 24.3 Å². The molecule has 0 radical (unpaired) electrons. The Bertz CT molecular complexity index is 800. The molecule has 0 aliphatic heterocycles. The summed E-state index contributed by atoms with van der Waals surface area (Å²) in [4.78, 5) is 11.7. The number of nitrogens with one attached hydrogen (secondary N) is 1. The first-order chi connectivity index (χ1) is 9.80. The Morgan fingerprint density at radius 2 is 1.71 bits per heavy atom. The number of rotatable bonds is 3. The van der Waals surface area contributed by atoms with Crippen LogP contribution in [0.5, 0.6) is 0 Å². The number of halogens is 1. The summed E-state index contributed by atoms with van der Waals surface area (Å²) in [5.41, 5.74) is 2.07. The van der Waals surface area contributed by atoms with E-state index in [9.17, 15) is 17.1 Å². The van der Waals surface area contributed by atoms with E-state index in [2.05, 4.69) is 5.32 Å². The third-order valence-electron chi connectivity index (χ3n) is 3.25. The molecule has 0 saturated heterocycles. The van der Waals surface area contributed by atoms with Gasteiger partial charge in [-0.15, -0.1) is 3.89 Å². The van der Waals surface area contributed by atoms with Crippen LogP contribution in [0.25, 0.3) is 0 Å². The van der Waals surface area contributed by atoms with Crippen LogP contribution in [-0.4, -0.2) is 14.3 Å². The third-order valence-corrected chi connectivity index (χ3v) is 4.13. The van der Waals surface area contributed by atoms with Gasteiger partial charge >= 0.3 is 10.2 Å². The molecule has 2 rings (SSSR count). The smallest absolute Gasteiger partial charge is 0.321 e. The SMILES string of the molecule is Cc1cccc(C(=O)Nc2ccccc2S(=O)(=O)F)c1C. The van der Waals surface area contributed by atoms with E-state index < -0.39 is 21.0 Å². The van der Waals surface area contributed by atoms with Gasteiger partial charge in [0, 0.05) is 5.56 Å². The second kappa shape index (κ2) is 5.65. The fourth-order valence-electron chi connectivity index (χ4n) is 1.97. The van der Waals surface area contributed by atoms with Crippen molar-refractivity contribution in [1.29, 1.82) is 0 Å². The second-order valence-electron chi connectivity index (χ2n) is 4.64. The van der Waals surface area contributed by atoms with Gasteiger partial charge in [-0.3, -0.25) is 4.79 Å². The van der Waals surface area contributed by atoms with Crippen molar-refractivity contribution in [1.82, 2.24) is 0 Å². The van der Waals surface area contributed by atoms with E-state index in [1.165, 1.54) is 18.2 Å². The van der Waals surface area contributed by atoms with Crippen molar-refractivity contribution in [2.24, 2.45) is 0 Å². The number of carbonyl (C=O) groups excluding carboxylic acids is 1. The van der Waals surface area contributed by atoms with Crippen molar-refractivity contribution in [2.75, 3.05) is 5.32 Å². The molecule has 1 amide bonds. The summed E-state index contributed by atoms with van der Waals surface area (Å²) < 4.78 is 35.3. The minimum Gasteiger partial charge on any atom is -0.321 e. The lowest BCUT2D eigenvalue weighted by molar-refractivity contribution is 0.102. The van der Waals surface area contributed by atoms with Gasteiger partial charge in [-0.05, 0) is 43.2 Å². The number of benzene rings is 2. The summed E-state index contributed by atoms with van der Waals surface area (Å²) in [6.45, 7) is 3.66. The van der Waals surface area contributed by atoms with Gasteiger partial charge in [0.15, 0.2) is 0 Å². The van der Waals surface area contributed by atoms with Crippen molar-refractivity contribution in [3.63, 3.8) is 0 Å². The van der Waals surface area contributed by atoms with Crippen molar-refractivity contribution in [3.8, 4) is 0 Å². The highest BCUT2D eigenvalue weighted by atomic mass is 32.3. The number of carbonyl (C=O) groups is 1. The average molecular weight is 307 g/mol. The molecule has 1 N–H and O–H groups in total. The largest absolute Gasteiger partial charge is 0.334 e. The van der Waals surface area contributed by atoms with Gasteiger partial charge in [-0.25, -0.2) is 0 Å². The van der Waals surface area contributed by atoms with Crippen LogP contribution < -0.4 is 5.32 Å². The standard InChI is InChI=1S/C15H14FNO3S/c1-10-6-5-7-12(11(10)2)15(18)17-13-8-3-4-9-14(13)21(16,19)20/h3-9H,1-2H3,(H,17,18). The molecule has 2 aromatic rings. The molecule has 0 aliphatic rings. The molecule has 2 aromatic carbocycles. The fraction of sp³-hybridized carbons (Fsp3) is 0.133. The van der Waals surface area contributed by atoms with Crippen LogP contribution in [0.4, 0.5) is 9.57 Å². The molecule has 0 aromatic heterocycles. The maximum absolute atomic E-state index is 13.2. The highest BCUT2D eigenvalue weighted by Crippen LogP contribution is 2.24. The van der Waals surface area contributed by atoms with E-state index in [0.29, 0.717) is 5.56 Å². The number of hydrogen-bond donors (Lipinski definition) is 1. The van der Waals surface area contributed by atoms with Crippen molar-refractivity contribution < 1.29 is 17.1 Å². The second-order valence-corrected chi connectivity index (χ2v) is 5.95. The molecule has 0 unspecified atom stereocenters. The van der Waals surface area contributed by atoms with Gasteiger partial charge in [0.1, 0.15) is 4.90 Å². The minimum atomic E-state index is -4.89. The molecule has 0 aliphatic carbocycles. The van der Waals surface area contributed by atoms with Gasteiger partial charge in [0.25, 0.3) is 5.91 Å². The molecule has 6 heteroatoms. The predicted octanol–water partition coefficient (Wildman–Crippen LogP) is 3.21. The summed E-state index contributed by atoms with van der Waals surface area (Å²) in [6.07, 6.45) is 0. The molecule has 0 spiro atoms. The van der Waals surface area contributed by atoms with E-state index in [4.69, 9.17) is 0 Å². The molecule has 0 atom stereocenters. The van der Waals surface area contributed by atoms with Gasteiger partial charge in [0.05, 0.1) is 5.69 Å². The van der Waals surface area contributed by atoms with Crippen LogP contribution in [0.3, 0.4) is 0 Å². The van der Waals surface area contributed by atoms with Crippen LogP contribution in [-0.2, 0) is 10.2 Å². The van der Waals surface area contributed by atoms with E-state index in [0.717, 1.165) is 17.2 Å². The molecule has 0 fully saturated rings. The monoisotopic (exact) mass is 307 g/mol. The topological polar surface area (TPSA) is 63.2 Å². The first kappa shape index (κ1) is 15.2. The van der Waals surface area contributed by atoms with Gasteiger partial charge in [0.2, 0.25) is 0 Å². The lowest BCUT2D eigenvalue weighted by atomic mass is 10.0. The van der Waals surface area contributed by atoms with Crippen LogP contribution >= 0.6 is 0 Å². The van der Waals surface area contributed by atoms with Crippen molar-refractivity contribution in [3.05, 3.63) is 59.2 Å². The zero-order chi connectivity index (χ0) is 15.6. The first-order valence-electron chi connectivity index (χ1n) is 6.22. The van der Waals surface area contributed by atoms with Crippen LogP contribution in [0.1, 0.15) is 21.5 Å². The predicted molar refractivity (Wildman–Crippen MR) is 78.6 cm³/mol. The molecule has 21 heavy (non-hydrogen) atoms. The van der Waals surface area contributed by atoms with Gasteiger partial charge < -0.3 is 5.32 Å². The summed E-state index contributed by atoms with van der Waals surface area (Å²) in [6, 6.07) is 10.6. The molecule has 4 nitrogen and oxygen atoms in total. The summed E-state index contributed by atoms with van der Waals surface area (Å²) in [7, 11) is -4.89. The maximum Gasteiger partial charge on any atom is 0.334 e. The summed E-state index contributed by atoms with van der Waals surface area (Å²) >= 11 is 0.